The number of Topliss-reactive ketones (excluding diaryl/α,β-unsaturated/α-hetero) is 2. The Morgan fingerprint density at radius 2 is 1.38 bits per heavy atom. The van der Waals surface area contributed by atoms with Gasteiger partial charge in [0.25, 0.3) is 0 Å². The van der Waals surface area contributed by atoms with E-state index in [1.165, 1.54) is 0 Å². The molecule has 2 aliphatic heterocycles. The zero-order valence-electron chi connectivity index (χ0n) is 15.4. The van der Waals surface area contributed by atoms with Gasteiger partial charge in [-0.1, -0.05) is 11.6 Å². The fourth-order valence-corrected chi connectivity index (χ4v) is 3.93. The van der Waals surface area contributed by atoms with Crippen molar-refractivity contribution in [1.82, 2.24) is 14.7 Å². The van der Waals surface area contributed by atoms with E-state index in [2.05, 4.69) is 9.80 Å². The summed E-state index contributed by atoms with van der Waals surface area (Å²) in [4.78, 5) is 32.2. The Bertz CT molecular complexity index is 610. The van der Waals surface area contributed by atoms with Gasteiger partial charge in [0.2, 0.25) is 11.6 Å². The van der Waals surface area contributed by atoms with Gasteiger partial charge in [-0.3, -0.25) is 9.59 Å². The monoisotopic (exact) mass is 383 g/mol. The standard InChI is InChI=1S/C18H26ClN3O4/c1-3-20(4-2)15-14(19)16(23)13(17(15)24)18(21-5-9-25-10-6-21)22-7-11-26-12-8-22/h3-12H2,1-2H3. The molecule has 1 aliphatic carbocycles. The highest BCUT2D eigenvalue weighted by Crippen LogP contribution is 2.34. The summed E-state index contributed by atoms with van der Waals surface area (Å²) in [6, 6.07) is 0. The maximum atomic E-state index is 13.2. The molecule has 0 aromatic rings. The summed E-state index contributed by atoms with van der Waals surface area (Å²) in [5.74, 6) is 0.0511. The predicted molar refractivity (Wildman–Crippen MR) is 97.6 cm³/mol. The lowest BCUT2D eigenvalue weighted by Crippen LogP contribution is -2.47. The molecule has 2 saturated heterocycles. The Morgan fingerprint density at radius 3 is 1.81 bits per heavy atom. The second-order valence-corrected chi connectivity index (χ2v) is 6.77. The molecule has 3 aliphatic rings. The second kappa shape index (κ2) is 8.41. The number of carbonyl (C=O) groups is 2. The number of ether oxygens (including phenoxy) is 2. The Kier molecular flexibility index (Phi) is 6.21. The first-order chi connectivity index (χ1) is 12.6. The van der Waals surface area contributed by atoms with Gasteiger partial charge in [-0.05, 0) is 13.8 Å². The van der Waals surface area contributed by atoms with Crippen LogP contribution in [-0.2, 0) is 19.1 Å². The molecular formula is C18H26ClN3O4. The molecule has 26 heavy (non-hydrogen) atoms. The molecule has 0 aromatic carbocycles. The maximum absolute atomic E-state index is 13.2. The molecule has 0 bridgehead atoms. The summed E-state index contributed by atoms with van der Waals surface area (Å²) >= 11 is 6.34. The second-order valence-electron chi connectivity index (χ2n) is 6.39. The molecule has 0 aromatic heterocycles. The van der Waals surface area contributed by atoms with Crippen LogP contribution in [0.5, 0.6) is 0 Å². The van der Waals surface area contributed by atoms with Crippen molar-refractivity contribution >= 4 is 23.2 Å². The lowest BCUT2D eigenvalue weighted by atomic mass is 10.1. The first kappa shape index (κ1) is 19.2. The van der Waals surface area contributed by atoms with E-state index in [0.29, 0.717) is 77.2 Å². The van der Waals surface area contributed by atoms with Crippen LogP contribution in [0.15, 0.2) is 22.1 Å². The lowest BCUT2D eigenvalue weighted by molar-refractivity contribution is -0.117. The normalized spacial score (nSPS) is 21.7. The van der Waals surface area contributed by atoms with Crippen molar-refractivity contribution in [1.29, 1.82) is 0 Å². The van der Waals surface area contributed by atoms with Crippen LogP contribution in [-0.4, -0.2) is 92.0 Å². The maximum Gasteiger partial charge on any atom is 0.218 e. The van der Waals surface area contributed by atoms with Crippen LogP contribution in [0, 0.1) is 0 Å². The van der Waals surface area contributed by atoms with Gasteiger partial charge in [0.05, 0.1) is 26.4 Å². The van der Waals surface area contributed by atoms with E-state index in [1.807, 2.05) is 18.7 Å². The molecule has 0 spiro atoms. The number of carbonyl (C=O) groups excluding carboxylic acids is 2. The zero-order valence-corrected chi connectivity index (χ0v) is 16.2. The third kappa shape index (κ3) is 3.48. The highest BCUT2D eigenvalue weighted by molar-refractivity contribution is 6.55. The molecule has 0 saturated carbocycles. The number of hydrogen-bond donors (Lipinski definition) is 0. The van der Waals surface area contributed by atoms with Crippen LogP contribution in [0.2, 0.25) is 0 Å². The number of nitrogens with zero attached hydrogens (tertiary/aromatic N) is 3. The minimum atomic E-state index is -0.369. The third-order valence-electron chi connectivity index (χ3n) is 5.00. The van der Waals surface area contributed by atoms with Crippen LogP contribution in [0.25, 0.3) is 0 Å². The van der Waals surface area contributed by atoms with Crippen molar-refractivity contribution in [3.05, 3.63) is 22.1 Å². The Labute approximate surface area is 159 Å². The van der Waals surface area contributed by atoms with Gasteiger partial charge in [0.15, 0.2) is 0 Å². The number of halogens is 1. The van der Waals surface area contributed by atoms with Crippen molar-refractivity contribution in [2.24, 2.45) is 0 Å². The SMILES string of the molecule is CCN(CC)C1=C(Cl)C(=O)C(=C(N2CCOCC2)N2CCOCC2)C1=O. The van der Waals surface area contributed by atoms with Crippen LogP contribution in [0.3, 0.4) is 0 Å². The van der Waals surface area contributed by atoms with Gasteiger partial charge in [-0.2, -0.15) is 0 Å². The molecule has 0 amide bonds. The average molecular weight is 384 g/mol. The minimum absolute atomic E-state index is 0.0349. The van der Waals surface area contributed by atoms with Crippen molar-refractivity contribution in [2.75, 3.05) is 65.7 Å². The Hall–Kier alpha value is -1.57. The van der Waals surface area contributed by atoms with Crippen molar-refractivity contribution in [3.63, 3.8) is 0 Å². The number of hydrogen-bond acceptors (Lipinski definition) is 7. The first-order valence-electron chi connectivity index (χ1n) is 9.23. The molecular weight excluding hydrogens is 358 g/mol. The van der Waals surface area contributed by atoms with Crippen LogP contribution >= 0.6 is 11.6 Å². The quantitative estimate of drug-likeness (QED) is 0.514. The summed E-state index contributed by atoms with van der Waals surface area (Å²) in [6.07, 6.45) is 0. The van der Waals surface area contributed by atoms with Crippen LogP contribution in [0.4, 0.5) is 0 Å². The molecule has 144 valence electrons. The first-order valence-corrected chi connectivity index (χ1v) is 9.61. The smallest absolute Gasteiger partial charge is 0.218 e. The van der Waals surface area contributed by atoms with Gasteiger partial charge in [-0.25, -0.2) is 0 Å². The third-order valence-corrected chi connectivity index (χ3v) is 5.35. The van der Waals surface area contributed by atoms with Crippen molar-refractivity contribution in [3.8, 4) is 0 Å². The van der Waals surface area contributed by atoms with E-state index in [9.17, 15) is 9.59 Å². The van der Waals surface area contributed by atoms with Gasteiger partial charge in [0.1, 0.15) is 22.1 Å². The largest absolute Gasteiger partial charge is 0.378 e. The molecule has 0 unspecified atom stereocenters. The van der Waals surface area contributed by atoms with Gasteiger partial charge < -0.3 is 24.2 Å². The number of likely N-dealkylation sites (N-methyl/N-ethyl adjacent to an activating group) is 1. The summed E-state index contributed by atoms with van der Waals surface area (Å²) in [7, 11) is 0. The topological polar surface area (TPSA) is 62.3 Å². The molecule has 2 fully saturated rings. The highest BCUT2D eigenvalue weighted by Gasteiger charge is 2.42. The Morgan fingerprint density at radius 1 is 0.923 bits per heavy atom. The van der Waals surface area contributed by atoms with Gasteiger partial charge >= 0.3 is 0 Å². The van der Waals surface area contributed by atoms with Gasteiger partial charge in [0, 0.05) is 39.3 Å². The average Bonchev–Trinajstić information content (AvgIpc) is 2.89. The number of rotatable bonds is 5. The Balaban J connectivity index is 2.04. The molecule has 3 rings (SSSR count). The van der Waals surface area contributed by atoms with Crippen LogP contribution in [0.1, 0.15) is 13.8 Å². The number of allylic oxidation sites excluding steroid dienone is 2. The fourth-order valence-electron chi connectivity index (χ4n) is 3.63. The molecule has 7 nitrogen and oxygen atoms in total. The summed E-state index contributed by atoms with van der Waals surface area (Å²) in [6.45, 7) is 10.0. The molecule has 0 N–H and O–H groups in total. The van der Waals surface area contributed by atoms with Gasteiger partial charge in [-0.15, -0.1) is 0 Å². The molecule has 0 radical (unpaired) electrons. The van der Waals surface area contributed by atoms with E-state index in [-0.39, 0.29) is 22.2 Å². The summed E-state index contributed by atoms with van der Waals surface area (Å²) < 4.78 is 10.9. The van der Waals surface area contributed by atoms with E-state index in [4.69, 9.17) is 21.1 Å². The number of ketones is 2. The predicted octanol–water partition coefficient (Wildman–Crippen LogP) is 0.806. The van der Waals surface area contributed by atoms with E-state index >= 15 is 0 Å². The minimum Gasteiger partial charge on any atom is -0.378 e. The lowest BCUT2D eigenvalue weighted by Gasteiger charge is -2.40. The highest BCUT2D eigenvalue weighted by atomic mass is 35.5. The molecule has 8 heteroatoms. The molecule has 0 atom stereocenters. The van der Waals surface area contributed by atoms with Crippen LogP contribution < -0.4 is 0 Å². The van der Waals surface area contributed by atoms with Crippen molar-refractivity contribution in [2.45, 2.75) is 13.8 Å². The van der Waals surface area contributed by atoms with Crippen molar-refractivity contribution < 1.29 is 19.1 Å². The summed E-state index contributed by atoms with van der Waals surface area (Å²) in [5, 5.41) is 0.0349. The van der Waals surface area contributed by atoms with E-state index < -0.39 is 0 Å². The number of morpholine rings is 2. The van der Waals surface area contributed by atoms with E-state index in [1.54, 1.807) is 0 Å². The molecule has 2 heterocycles. The fraction of sp³-hybridized carbons (Fsp3) is 0.667. The van der Waals surface area contributed by atoms with E-state index in [0.717, 1.165) is 0 Å². The summed E-state index contributed by atoms with van der Waals surface area (Å²) in [5.41, 5.74) is 0.524. The zero-order chi connectivity index (χ0) is 18.7.